The normalized spacial score (nSPS) is 20.8. The molecule has 0 radical (unpaired) electrons. The lowest BCUT2D eigenvalue weighted by atomic mass is 9.69. The van der Waals surface area contributed by atoms with Crippen LogP contribution in [0.25, 0.3) is 0 Å². The predicted molar refractivity (Wildman–Crippen MR) is 69.3 cm³/mol. The van der Waals surface area contributed by atoms with Gasteiger partial charge in [0.05, 0.1) is 13.1 Å². The van der Waals surface area contributed by atoms with E-state index in [2.05, 4.69) is 0 Å². The van der Waals surface area contributed by atoms with E-state index in [0.717, 1.165) is 19.3 Å². The lowest BCUT2D eigenvalue weighted by Gasteiger charge is -2.40. The summed E-state index contributed by atoms with van der Waals surface area (Å²) in [5.41, 5.74) is 0.256. The minimum Gasteiger partial charge on any atom is -0.491 e. The Kier molecular flexibility index (Phi) is 2.96. The molecule has 1 fully saturated rings. The molecule has 102 valence electrons. The fourth-order valence-corrected chi connectivity index (χ4v) is 2.84. The van der Waals surface area contributed by atoms with Gasteiger partial charge in [-0.1, -0.05) is 19.4 Å². The van der Waals surface area contributed by atoms with Gasteiger partial charge >= 0.3 is 0 Å². The Balaban J connectivity index is 1.86. The molecule has 1 aromatic rings. The first-order chi connectivity index (χ1) is 9.10. The van der Waals surface area contributed by atoms with Crippen molar-refractivity contribution in [2.24, 2.45) is 5.41 Å². The highest BCUT2D eigenvalue weighted by Crippen LogP contribution is 2.42. The van der Waals surface area contributed by atoms with Crippen LogP contribution in [-0.4, -0.2) is 24.0 Å². The maximum absolute atomic E-state index is 13.9. The van der Waals surface area contributed by atoms with Crippen molar-refractivity contribution in [1.29, 1.82) is 0 Å². The van der Waals surface area contributed by atoms with E-state index >= 15 is 0 Å². The van der Waals surface area contributed by atoms with Crippen LogP contribution in [0.5, 0.6) is 5.75 Å². The van der Waals surface area contributed by atoms with Crippen LogP contribution in [0.2, 0.25) is 0 Å². The highest BCUT2D eigenvalue weighted by Gasteiger charge is 2.42. The summed E-state index contributed by atoms with van der Waals surface area (Å²) in [5.74, 6) is 0.406. The lowest BCUT2D eigenvalue weighted by molar-refractivity contribution is -0.146. The summed E-state index contributed by atoms with van der Waals surface area (Å²) in [4.78, 5) is 14.3. The molecular formula is C15H18FNO2. The van der Waals surface area contributed by atoms with Gasteiger partial charge in [0.1, 0.15) is 18.2 Å². The highest BCUT2D eigenvalue weighted by molar-refractivity contribution is 5.83. The smallest absolute Gasteiger partial charge is 0.228 e. The Hall–Kier alpha value is -1.58. The van der Waals surface area contributed by atoms with Crippen LogP contribution < -0.4 is 4.74 Å². The first kappa shape index (κ1) is 12.5. The van der Waals surface area contributed by atoms with Gasteiger partial charge in [0.25, 0.3) is 0 Å². The number of nitrogens with zero attached hydrogens (tertiary/aromatic N) is 1. The number of carbonyl (C=O) groups is 1. The van der Waals surface area contributed by atoms with E-state index in [1.165, 1.54) is 6.07 Å². The third-order valence-corrected chi connectivity index (χ3v) is 4.30. The second-order valence-corrected chi connectivity index (χ2v) is 5.71. The molecule has 3 nitrogen and oxygen atoms in total. The van der Waals surface area contributed by atoms with Crippen LogP contribution in [0.15, 0.2) is 18.2 Å². The summed E-state index contributed by atoms with van der Waals surface area (Å²) in [5, 5.41) is 0. The monoisotopic (exact) mass is 263 g/mol. The minimum absolute atomic E-state index is 0.137. The van der Waals surface area contributed by atoms with E-state index in [9.17, 15) is 9.18 Å². The Bertz CT molecular complexity index is 511. The molecule has 1 aliphatic heterocycles. The molecule has 0 atom stereocenters. The zero-order chi connectivity index (χ0) is 13.5. The molecule has 4 heteroatoms. The van der Waals surface area contributed by atoms with Crippen LogP contribution >= 0.6 is 0 Å². The average molecular weight is 263 g/mol. The van der Waals surface area contributed by atoms with E-state index < -0.39 is 0 Å². The molecule has 0 bridgehead atoms. The van der Waals surface area contributed by atoms with E-state index in [0.29, 0.717) is 31.0 Å². The molecule has 1 aliphatic carbocycles. The molecular weight excluding hydrogens is 245 g/mol. The van der Waals surface area contributed by atoms with Gasteiger partial charge in [0.15, 0.2) is 0 Å². The first-order valence-corrected chi connectivity index (χ1v) is 6.80. The van der Waals surface area contributed by atoms with E-state index in [4.69, 9.17) is 4.74 Å². The van der Waals surface area contributed by atoms with Gasteiger partial charge in [-0.25, -0.2) is 4.39 Å². The van der Waals surface area contributed by atoms with Crippen molar-refractivity contribution >= 4 is 5.91 Å². The second kappa shape index (κ2) is 4.51. The molecule has 0 spiro atoms. The standard InChI is InChI=1S/C15H18FNO2/c1-15(6-3-7-15)14(18)17-8-9-19-13-5-2-4-12(16)11(13)10-17/h2,4-5H,3,6-10H2,1H3. The molecule has 2 aliphatic rings. The largest absolute Gasteiger partial charge is 0.491 e. The zero-order valence-corrected chi connectivity index (χ0v) is 11.1. The van der Waals surface area contributed by atoms with Crippen molar-refractivity contribution in [2.45, 2.75) is 32.7 Å². The quantitative estimate of drug-likeness (QED) is 0.779. The van der Waals surface area contributed by atoms with E-state index in [1.54, 1.807) is 17.0 Å². The number of halogens is 1. The van der Waals surface area contributed by atoms with Crippen LogP contribution in [0.3, 0.4) is 0 Å². The number of amides is 1. The molecule has 1 amide bonds. The summed E-state index contributed by atoms with van der Waals surface area (Å²) < 4.78 is 19.4. The molecule has 0 unspecified atom stereocenters. The summed E-state index contributed by atoms with van der Waals surface area (Å²) >= 11 is 0. The number of fused-ring (bicyclic) bond motifs is 1. The molecule has 0 aromatic heterocycles. The van der Waals surface area contributed by atoms with Gasteiger partial charge in [-0.3, -0.25) is 4.79 Å². The minimum atomic E-state index is -0.295. The first-order valence-electron chi connectivity index (χ1n) is 6.80. The fourth-order valence-electron chi connectivity index (χ4n) is 2.84. The van der Waals surface area contributed by atoms with Crippen LogP contribution in [-0.2, 0) is 11.3 Å². The average Bonchev–Trinajstić information content (AvgIpc) is 2.58. The molecule has 1 heterocycles. The number of benzene rings is 1. The second-order valence-electron chi connectivity index (χ2n) is 5.71. The van der Waals surface area contributed by atoms with E-state index in [1.807, 2.05) is 6.92 Å². The Morgan fingerprint density at radius 3 is 2.89 bits per heavy atom. The fraction of sp³-hybridized carbons (Fsp3) is 0.533. The van der Waals surface area contributed by atoms with Crippen molar-refractivity contribution in [3.05, 3.63) is 29.6 Å². The van der Waals surface area contributed by atoms with Crippen LogP contribution in [0, 0.1) is 11.2 Å². The van der Waals surface area contributed by atoms with Gasteiger partial charge in [-0.05, 0) is 25.0 Å². The molecule has 1 aromatic carbocycles. The molecule has 0 N–H and O–H groups in total. The maximum atomic E-state index is 13.9. The van der Waals surface area contributed by atoms with Gasteiger partial charge in [-0.2, -0.15) is 0 Å². The Labute approximate surface area is 112 Å². The third-order valence-electron chi connectivity index (χ3n) is 4.30. The van der Waals surface area contributed by atoms with Gasteiger partial charge in [0, 0.05) is 11.0 Å². The number of carbonyl (C=O) groups excluding carboxylic acids is 1. The van der Waals surface area contributed by atoms with Crippen molar-refractivity contribution in [3.8, 4) is 5.75 Å². The van der Waals surface area contributed by atoms with Crippen LogP contribution in [0.1, 0.15) is 31.7 Å². The number of ether oxygens (including phenoxy) is 1. The SMILES string of the molecule is CC1(C(=O)N2CCOc3cccc(F)c3C2)CCC1. The topological polar surface area (TPSA) is 29.5 Å². The Morgan fingerprint density at radius 1 is 1.42 bits per heavy atom. The van der Waals surface area contributed by atoms with Crippen molar-refractivity contribution in [1.82, 2.24) is 4.90 Å². The predicted octanol–water partition coefficient (Wildman–Crippen LogP) is 2.74. The molecule has 0 saturated heterocycles. The number of rotatable bonds is 1. The maximum Gasteiger partial charge on any atom is 0.228 e. The molecule has 3 rings (SSSR count). The van der Waals surface area contributed by atoms with Gasteiger partial charge < -0.3 is 9.64 Å². The van der Waals surface area contributed by atoms with Crippen molar-refractivity contribution in [2.75, 3.05) is 13.2 Å². The summed E-state index contributed by atoms with van der Waals surface area (Å²) in [6, 6.07) is 4.82. The lowest BCUT2D eigenvalue weighted by Crippen LogP contribution is -2.46. The highest BCUT2D eigenvalue weighted by atomic mass is 19.1. The van der Waals surface area contributed by atoms with E-state index in [-0.39, 0.29) is 17.1 Å². The van der Waals surface area contributed by atoms with Crippen molar-refractivity contribution < 1.29 is 13.9 Å². The number of hydrogen-bond acceptors (Lipinski definition) is 2. The summed E-state index contributed by atoms with van der Waals surface area (Å²) in [6.07, 6.45) is 2.98. The van der Waals surface area contributed by atoms with Crippen LogP contribution in [0.4, 0.5) is 4.39 Å². The number of hydrogen-bond donors (Lipinski definition) is 0. The van der Waals surface area contributed by atoms with Crippen molar-refractivity contribution in [3.63, 3.8) is 0 Å². The summed E-state index contributed by atoms with van der Waals surface area (Å²) in [7, 11) is 0. The molecule has 19 heavy (non-hydrogen) atoms. The van der Waals surface area contributed by atoms with Gasteiger partial charge in [-0.15, -0.1) is 0 Å². The zero-order valence-electron chi connectivity index (χ0n) is 11.1. The van der Waals surface area contributed by atoms with Gasteiger partial charge in [0.2, 0.25) is 5.91 Å². The molecule has 1 saturated carbocycles. The third kappa shape index (κ3) is 2.09. The Morgan fingerprint density at radius 2 is 2.21 bits per heavy atom. The summed E-state index contributed by atoms with van der Waals surface area (Å²) in [6.45, 7) is 3.28.